The largest absolute Gasteiger partial charge is 0.398 e. The zero-order chi connectivity index (χ0) is 14.1. The third-order valence-electron chi connectivity index (χ3n) is 3.13. The summed E-state index contributed by atoms with van der Waals surface area (Å²) in [5.74, 6) is -0.0977. The molecule has 3 nitrogen and oxygen atoms in total. The zero-order valence-electron chi connectivity index (χ0n) is 10.5. The predicted octanol–water partition coefficient (Wildman–Crippen LogP) is 3.70. The van der Waals surface area contributed by atoms with Crippen LogP contribution in [0, 0.1) is 0 Å². The minimum Gasteiger partial charge on any atom is -0.398 e. The van der Waals surface area contributed by atoms with Gasteiger partial charge in [-0.15, -0.1) is 0 Å². The average molecular weight is 283 g/mol. The standard InChI is InChI=1S/C16H11ClN2O/c17-13-8-11(5-6-14(13)18)16(20)12-4-3-10-2-1-7-19-15(10)9-12/h1-9H,18H2. The fourth-order valence-corrected chi connectivity index (χ4v) is 2.22. The van der Waals surface area contributed by atoms with E-state index < -0.39 is 0 Å². The van der Waals surface area contributed by atoms with Gasteiger partial charge >= 0.3 is 0 Å². The Morgan fingerprint density at radius 2 is 1.80 bits per heavy atom. The van der Waals surface area contributed by atoms with E-state index >= 15 is 0 Å². The van der Waals surface area contributed by atoms with Gasteiger partial charge in [-0.3, -0.25) is 9.78 Å². The molecule has 0 atom stereocenters. The summed E-state index contributed by atoms with van der Waals surface area (Å²) in [6, 6.07) is 14.2. The van der Waals surface area contributed by atoms with Gasteiger partial charge in [0.25, 0.3) is 0 Å². The second-order valence-electron chi connectivity index (χ2n) is 4.48. The number of pyridine rings is 1. The van der Waals surface area contributed by atoms with Crippen LogP contribution >= 0.6 is 11.6 Å². The van der Waals surface area contributed by atoms with E-state index in [1.54, 1.807) is 36.5 Å². The van der Waals surface area contributed by atoms with E-state index in [0.717, 1.165) is 10.9 Å². The number of nitrogens with zero attached hydrogens (tertiary/aromatic N) is 1. The molecule has 0 unspecified atom stereocenters. The van der Waals surface area contributed by atoms with Gasteiger partial charge in [-0.1, -0.05) is 29.8 Å². The van der Waals surface area contributed by atoms with Crippen molar-refractivity contribution in [3.8, 4) is 0 Å². The molecule has 2 N–H and O–H groups in total. The van der Waals surface area contributed by atoms with Crippen LogP contribution in [0.15, 0.2) is 54.7 Å². The molecule has 1 heterocycles. The molecule has 1 aromatic heterocycles. The Balaban J connectivity index is 2.05. The van der Waals surface area contributed by atoms with Gasteiger partial charge in [-0.25, -0.2) is 0 Å². The molecule has 0 amide bonds. The van der Waals surface area contributed by atoms with Crippen LogP contribution in [0.4, 0.5) is 5.69 Å². The Morgan fingerprint density at radius 1 is 1.05 bits per heavy atom. The average Bonchev–Trinajstić information content (AvgIpc) is 2.49. The molecule has 0 saturated carbocycles. The van der Waals surface area contributed by atoms with Gasteiger partial charge < -0.3 is 5.73 Å². The molecule has 0 bridgehead atoms. The number of carbonyl (C=O) groups excluding carboxylic acids is 1. The molecule has 0 saturated heterocycles. The van der Waals surface area contributed by atoms with Crippen LogP contribution in [0.5, 0.6) is 0 Å². The highest BCUT2D eigenvalue weighted by Gasteiger charge is 2.11. The van der Waals surface area contributed by atoms with Crippen LogP contribution in [0.2, 0.25) is 5.02 Å². The second kappa shape index (κ2) is 4.94. The number of benzene rings is 2. The van der Waals surface area contributed by atoms with E-state index in [1.807, 2.05) is 18.2 Å². The molecule has 98 valence electrons. The van der Waals surface area contributed by atoms with Crippen LogP contribution in [0.25, 0.3) is 10.9 Å². The van der Waals surface area contributed by atoms with E-state index in [9.17, 15) is 4.79 Å². The van der Waals surface area contributed by atoms with Crippen molar-refractivity contribution in [1.29, 1.82) is 0 Å². The first-order valence-corrected chi connectivity index (χ1v) is 6.47. The number of nitrogens with two attached hydrogens (primary N) is 1. The highest BCUT2D eigenvalue weighted by atomic mass is 35.5. The van der Waals surface area contributed by atoms with E-state index in [-0.39, 0.29) is 5.78 Å². The van der Waals surface area contributed by atoms with Crippen LogP contribution in [-0.2, 0) is 0 Å². The number of carbonyl (C=O) groups is 1. The molecule has 0 fully saturated rings. The summed E-state index contributed by atoms with van der Waals surface area (Å²) in [6.07, 6.45) is 1.71. The first-order valence-electron chi connectivity index (χ1n) is 6.09. The molecule has 2 aromatic carbocycles. The number of aromatic nitrogens is 1. The van der Waals surface area contributed by atoms with Crippen molar-refractivity contribution in [3.63, 3.8) is 0 Å². The molecule has 0 aliphatic heterocycles. The molecular formula is C16H11ClN2O. The van der Waals surface area contributed by atoms with Crippen molar-refractivity contribution in [1.82, 2.24) is 4.98 Å². The number of hydrogen-bond donors (Lipinski definition) is 1. The van der Waals surface area contributed by atoms with Gasteiger partial charge in [0.15, 0.2) is 5.78 Å². The number of anilines is 1. The van der Waals surface area contributed by atoms with Gasteiger partial charge in [-0.05, 0) is 30.3 Å². The highest BCUT2D eigenvalue weighted by molar-refractivity contribution is 6.33. The first-order chi connectivity index (χ1) is 9.65. The Kier molecular flexibility index (Phi) is 3.12. The molecule has 0 radical (unpaired) electrons. The quantitative estimate of drug-likeness (QED) is 0.576. The van der Waals surface area contributed by atoms with Gasteiger partial charge in [-0.2, -0.15) is 0 Å². The lowest BCUT2D eigenvalue weighted by atomic mass is 10.0. The summed E-state index contributed by atoms with van der Waals surface area (Å²) in [4.78, 5) is 16.7. The Labute approximate surface area is 121 Å². The normalized spacial score (nSPS) is 10.7. The zero-order valence-corrected chi connectivity index (χ0v) is 11.3. The lowest BCUT2D eigenvalue weighted by Crippen LogP contribution is -2.02. The maximum absolute atomic E-state index is 12.4. The number of rotatable bonds is 2. The van der Waals surface area contributed by atoms with Crippen LogP contribution < -0.4 is 5.73 Å². The lowest BCUT2D eigenvalue weighted by Gasteiger charge is -2.05. The third kappa shape index (κ3) is 2.24. The van der Waals surface area contributed by atoms with E-state index in [0.29, 0.717) is 21.8 Å². The molecule has 0 aliphatic rings. The predicted molar refractivity (Wildman–Crippen MR) is 81.0 cm³/mol. The number of ketones is 1. The molecule has 0 aliphatic carbocycles. The Hall–Kier alpha value is -2.39. The number of halogens is 1. The van der Waals surface area contributed by atoms with E-state index in [4.69, 9.17) is 17.3 Å². The van der Waals surface area contributed by atoms with Gasteiger partial charge in [0.1, 0.15) is 0 Å². The molecule has 4 heteroatoms. The SMILES string of the molecule is Nc1ccc(C(=O)c2ccc3cccnc3c2)cc1Cl. The minimum atomic E-state index is -0.0977. The summed E-state index contributed by atoms with van der Waals surface area (Å²) >= 11 is 5.95. The number of nitrogen functional groups attached to an aromatic ring is 1. The highest BCUT2D eigenvalue weighted by Crippen LogP contribution is 2.22. The molecule has 3 aromatic rings. The molecular weight excluding hydrogens is 272 g/mol. The number of fused-ring (bicyclic) bond motifs is 1. The van der Waals surface area contributed by atoms with Crippen LogP contribution in [0.1, 0.15) is 15.9 Å². The maximum Gasteiger partial charge on any atom is 0.193 e. The lowest BCUT2D eigenvalue weighted by molar-refractivity contribution is 0.103. The van der Waals surface area contributed by atoms with Crippen molar-refractivity contribution >= 4 is 34.0 Å². The smallest absolute Gasteiger partial charge is 0.193 e. The molecule has 0 spiro atoms. The Morgan fingerprint density at radius 3 is 2.60 bits per heavy atom. The summed E-state index contributed by atoms with van der Waals surface area (Å²) in [5, 5.41) is 1.38. The van der Waals surface area contributed by atoms with Crippen molar-refractivity contribution in [3.05, 3.63) is 70.9 Å². The van der Waals surface area contributed by atoms with Crippen molar-refractivity contribution in [2.45, 2.75) is 0 Å². The van der Waals surface area contributed by atoms with Gasteiger partial charge in [0.05, 0.1) is 16.2 Å². The molecule has 3 rings (SSSR count). The van der Waals surface area contributed by atoms with E-state index in [2.05, 4.69) is 4.98 Å². The Bertz CT molecular complexity index is 814. The van der Waals surface area contributed by atoms with Crippen molar-refractivity contribution in [2.24, 2.45) is 0 Å². The fourth-order valence-electron chi connectivity index (χ4n) is 2.04. The van der Waals surface area contributed by atoms with E-state index in [1.165, 1.54) is 0 Å². The first kappa shape index (κ1) is 12.6. The minimum absolute atomic E-state index is 0.0977. The molecule has 20 heavy (non-hydrogen) atoms. The topological polar surface area (TPSA) is 56.0 Å². The van der Waals surface area contributed by atoms with Crippen molar-refractivity contribution < 1.29 is 4.79 Å². The summed E-state index contributed by atoms with van der Waals surface area (Å²) in [7, 11) is 0. The van der Waals surface area contributed by atoms with Gasteiger partial charge in [0, 0.05) is 22.7 Å². The van der Waals surface area contributed by atoms with Crippen LogP contribution in [0.3, 0.4) is 0 Å². The van der Waals surface area contributed by atoms with Crippen molar-refractivity contribution in [2.75, 3.05) is 5.73 Å². The van der Waals surface area contributed by atoms with Crippen LogP contribution in [-0.4, -0.2) is 10.8 Å². The van der Waals surface area contributed by atoms with Gasteiger partial charge in [0.2, 0.25) is 0 Å². The third-order valence-corrected chi connectivity index (χ3v) is 3.46. The second-order valence-corrected chi connectivity index (χ2v) is 4.88. The summed E-state index contributed by atoms with van der Waals surface area (Å²) < 4.78 is 0. The monoisotopic (exact) mass is 282 g/mol. The fraction of sp³-hybridized carbons (Fsp3) is 0. The summed E-state index contributed by atoms with van der Waals surface area (Å²) in [5.41, 5.74) is 8.00. The number of hydrogen-bond acceptors (Lipinski definition) is 3. The maximum atomic E-state index is 12.4. The summed E-state index contributed by atoms with van der Waals surface area (Å²) in [6.45, 7) is 0.